The molecule has 0 atom stereocenters. The lowest BCUT2D eigenvalue weighted by Gasteiger charge is -2.13. The number of para-hydroxylation sites is 1. The Labute approximate surface area is 206 Å². The molecule has 0 saturated heterocycles. The van der Waals surface area contributed by atoms with E-state index in [9.17, 15) is 9.18 Å². The first-order valence-corrected chi connectivity index (χ1v) is 11.2. The minimum atomic E-state index is -0.974. The van der Waals surface area contributed by atoms with E-state index in [4.69, 9.17) is 19.6 Å². The lowest BCUT2D eigenvalue weighted by Crippen LogP contribution is -2.08. The van der Waals surface area contributed by atoms with Crippen molar-refractivity contribution >= 4 is 28.5 Å². The molecule has 9 heteroatoms. The predicted octanol–water partition coefficient (Wildman–Crippen LogP) is 4.94. The summed E-state index contributed by atoms with van der Waals surface area (Å²) in [6.45, 7) is 0.374. The van der Waals surface area contributed by atoms with Crippen molar-refractivity contribution in [1.82, 2.24) is 14.4 Å². The second-order valence-corrected chi connectivity index (χ2v) is 8.21. The van der Waals surface area contributed by atoms with Gasteiger partial charge in [0.15, 0.2) is 0 Å². The van der Waals surface area contributed by atoms with Crippen LogP contribution in [-0.2, 0) is 13.0 Å². The fourth-order valence-electron chi connectivity index (χ4n) is 4.11. The van der Waals surface area contributed by atoms with Crippen LogP contribution in [0, 0.1) is 5.82 Å². The number of nitrogens with zero attached hydrogens (tertiary/aromatic N) is 3. The molecule has 5 rings (SSSR count). The summed E-state index contributed by atoms with van der Waals surface area (Å²) in [4.78, 5) is 20.5. The van der Waals surface area contributed by atoms with Gasteiger partial charge in [0.1, 0.15) is 28.5 Å². The molecule has 2 N–H and O–H groups in total. The Balaban J connectivity index is 1.53. The van der Waals surface area contributed by atoms with Crippen LogP contribution < -0.4 is 14.8 Å². The number of aromatic nitrogens is 3. The van der Waals surface area contributed by atoms with Crippen LogP contribution >= 0.6 is 0 Å². The van der Waals surface area contributed by atoms with E-state index in [-0.39, 0.29) is 11.1 Å². The van der Waals surface area contributed by atoms with Crippen molar-refractivity contribution in [2.75, 3.05) is 19.5 Å². The third-order valence-corrected chi connectivity index (χ3v) is 5.95. The van der Waals surface area contributed by atoms with Gasteiger partial charge in [-0.25, -0.2) is 19.2 Å². The lowest BCUT2D eigenvalue weighted by atomic mass is 10.1. The second kappa shape index (κ2) is 9.53. The lowest BCUT2D eigenvalue weighted by molar-refractivity contribution is 0.0697. The number of carbonyl (C=O) groups is 1. The van der Waals surface area contributed by atoms with Crippen molar-refractivity contribution in [3.63, 3.8) is 0 Å². The van der Waals surface area contributed by atoms with Gasteiger partial charge in [-0.1, -0.05) is 18.2 Å². The SMILES string of the molecule is COc1ccc(CNc2nc3c(F)cccc3c3nc(Cc4ccc(C(=O)O)cc4)cn23)c(OC)c1. The summed E-state index contributed by atoms with van der Waals surface area (Å²) in [5.41, 5.74) is 3.53. The molecule has 0 saturated carbocycles. The number of benzene rings is 3. The normalized spacial score (nSPS) is 11.1. The maximum atomic E-state index is 14.7. The fraction of sp³-hybridized carbons (Fsp3) is 0.148. The molecule has 0 amide bonds. The van der Waals surface area contributed by atoms with Crippen molar-refractivity contribution in [2.24, 2.45) is 0 Å². The van der Waals surface area contributed by atoms with Crippen molar-refractivity contribution in [1.29, 1.82) is 0 Å². The third kappa shape index (κ3) is 4.38. The summed E-state index contributed by atoms with van der Waals surface area (Å²) in [6.07, 6.45) is 2.33. The molecule has 0 fully saturated rings. The summed E-state index contributed by atoms with van der Waals surface area (Å²) in [7, 11) is 3.18. The van der Waals surface area contributed by atoms with Crippen LogP contribution in [0.5, 0.6) is 11.5 Å². The van der Waals surface area contributed by atoms with Gasteiger partial charge in [0.05, 0.1) is 25.5 Å². The molecule has 0 radical (unpaired) electrons. The zero-order valence-electron chi connectivity index (χ0n) is 19.7. The van der Waals surface area contributed by atoms with E-state index in [1.54, 1.807) is 61.1 Å². The van der Waals surface area contributed by atoms with Crippen molar-refractivity contribution < 1.29 is 23.8 Å². The van der Waals surface area contributed by atoms with E-state index in [1.165, 1.54) is 6.07 Å². The van der Waals surface area contributed by atoms with E-state index in [0.29, 0.717) is 41.4 Å². The Morgan fingerprint density at radius 3 is 2.58 bits per heavy atom. The zero-order valence-corrected chi connectivity index (χ0v) is 19.7. The molecule has 182 valence electrons. The first kappa shape index (κ1) is 23.1. The fourth-order valence-corrected chi connectivity index (χ4v) is 4.11. The highest BCUT2D eigenvalue weighted by Crippen LogP contribution is 2.28. The number of nitrogens with one attached hydrogen (secondary N) is 1. The number of carboxylic acids is 1. The Kier molecular flexibility index (Phi) is 6.12. The van der Waals surface area contributed by atoms with E-state index in [1.807, 2.05) is 18.3 Å². The molecule has 0 bridgehead atoms. The van der Waals surface area contributed by atoms with Gasteiger partial charge in [-0.15, -0.1) is 0 Å². The molecule has 2 aromatic heterocycles. The molecule has 0 spiro atoms. The number of hydrogen-bond donors (Lipinski definition) is 2. The number of anilines is 1. The van der Waals surface area contributed by atoms with Crippen molar-refractivity contribution in [3.8, 4) is 11.5 Å². The van der Waals surface area contributed by atoms with Gasteiger partial charge in [-0.3, -0.25) is 4.40 Å². The molecule has 0 aliphatic heterocycles. The number of halogens is 1. The summed E-state index contributed by atoms with van der Waals surface area (Å²) < 4.78 is 27.3. The van der Waals surface area contributed by atoms with E-state index >= 15 is 0 Å². The Morgan fingerprint density at radius 2 is 1.86 bits per heavy atom. The minimum Gasteiger partial charge on any atom is -0.497 e. The van der Waals surface area contributed by atoms with E-state index in [2.05, 4.69) is 10.3 Å². The smallest absolute Gasteiger partial charge is 0.335 e. The first-order valence-electron chi connectivity index (χ1n) is 11.2. The van der Waals surface area contributed by atoms with Gasteiger partial charge in [0.2, 0.25) is 5.95 Å². The largest absolute Gasteiger partial charge is 0.497 e. The predicted molar refractivity (Wildman–Crippen MR) is 134 cm³/mol. The molecule has 3 aromatic carbocycles. The highest BCUT2D eigenvalue weighted by atomic mass is 19.1. The van der Waals surface area contributed by atoms with Gasteiger partial charge in [0.25, 0.3) is 0 Å². The topological polar surface area (TPSA) is 98.0 Å². The second-order valence-electron chi connectivity index (χ2n) is 8.21. The molecule has 5 aromatic rings. The summed E-state index contributed by atoms with van der Waals surface area (Å²) in [5.74, 6) is 0.355. The molecule has 0 aliphatic carbocycles. The zero-order chi connectivity index (χ0) is 25.2. The van der Waals surface area contributed by atoms with Crippen LogP contribution in [-0.4, -0.2) is 39.7 Å². The number of rotatable bonds is 8. The molecular weight excluding hydrogens is 463 g/mol. The quantitative estimate of drug-likeness (QED) is 0.321. The van der Waals surface area contributed by atoms with E-state index < -0.39 is 11.8 Å². The van der Waals surface area contributed by atoms with Crippen LogP contribution in [0.15, 0.2) is 66.9 Å². The average Bonchev–Trinajstić information content (AvgIpc) is 3.32. The Hall–Kier alpha value is -4.66. The number of hydrogen-bond acceptors (Lipinski definition) is 6. The number of ether oxygens (including phenoxy) is 2. The van der Waals surface area contributed by atoms with Crippen LogP contribution in [0.4, 0.5) is 10.3 Å². The minimum absolute atomic E-state index is 0.220. The average molecular weight is 487 g/mol. The number of methoxy groups -OCH3 is 2. The molecule has 36 heavy (non-hydrogen) atoms. The monoisotopic (exact) mass is 486 g/mol. The van der Waals surface area contributed by atoms with Gasteiger partial charge in [-0.05, 0) is 42.0 Å². The molecule has 0 aliphatic rings. The van der Waals surface area contributed by atoms with Crippen molar-refractivity contribution in [2.45, 2.75) is 13.0 Å². The maximum Gasteiger partial charge on any atom is 0.335 e. The number of carboxylic acid groups (broad SMARTS) is 1. The maximum absolute atomic E-state index is 14.7. The standard InChI is InChI=1S/C27H23FN4O4/c1-35-20-11-10-18(23(13-20)36-2)14-29-27-31-24-21(4-3-5-22(24)28)25-30-19(15-32(25)27)12-16-6-8-17(9-7-16)26(33)34/h3-11,13,15H,12,14H2,1-2H3,(H,29,31)(H,33,34). The van der Waals surface area contributed by atoms with Gasteiger partial charge in [-0.2, -0.15) is 0 Å². The van der Waals surface area contributed by atoms with Gasteiger partial charge < -0.3 is 19.9 Å². The van der Waals surface area contributed by atoms with E-state index in [0.717, 1.165) is 16.8 Å². The van der Waals surface area contributed by atoms with Crippen molar-refractivity contribution in [3.05, 3.63) is 95.1 Å². The Morgan fingerprint density at radius 1 is 1.06 bits per heavy atom. The van der Waals surface area contributed by atoms with Gasteiger partial charge in [0, 0.05) is 36.2 Å². The molecular formula is C27H23FN4O4. The summed E-state index contributed by atoms with van der Waals surface area (Å²) in [6, 6.07) is 17.0. The van der Waals surface area contributed by atoms with Crippen LogP contribution in [0.25, 0.3) is 16.6 Å². The number of imidazole rings is 1. The highest BCUT2D eigenvalue weighted by Gasteiger charge is 2.15. The highest BCUT2D eigenvalue weighted by molar-refractivity contribution is 5.93. The number of fused-ring (bicyclic) bond motifs is 3. The molecule has 2 heterocycles. The van der Waals surface area contributed by atoms with Crippen LogP contribution in [0.3, 0.4) is 0 Å². The van der Waals surface area contributed by atoms with Gasteiger partial charge >= 0.3 is 5.97 Å². The van der Waals surface area contributed by atoms with Crippen LogP contribution in [0.1, 0.15) is 27.2 Å². The summed E-state index contributed by atoms with van der Waals surface area (Å²) >= 11 is 0. The van der Waals surface area contributed by atoms with Crippen LogP contribution in [0.2, 0.25) is 0 Å². The summed E-state index contributed by atoms with van der Waals surface area (Å²) in [5, 5.41) is 13.0. The first-order chi connectivity index (χ1) is 17.5. The Bertz CT molecular complexity index is 1580. The molecule has 8 nitrogen and oxygen atoms in total. The molecule has 0 unspecified atom stereocenters. The third-order valence-electron chi connectivity index (χ3n) is 5.95. The number of aromatic carboxylic acids is 1.